The Bertz CT molecular complexity index is 851. The van der Waals surface area contributed by atoms with Crippen molar-refractivity contribution >= 4 is 23.2 Å². The van der Waals surface area contributed by atoms with Crippen molar-refractivity contribution in [3.63, 3.8) is 0 Å². The molecule has 1 aliphatic heterocycles. The molecular formula is C21H26ClN3O2. The van der Waals surface area contributed by atoms with Crippen molar-refractivity contribution in [2.45, 2.75) is 32.4 Å². The lowest BCUT2D eigenvalue weighted by Gasteiger charge is -2.41. The smallest absolute Gasteiger partial charge is 0.255 e. The fraction of sp³-hybridized carbons (Fsp3) is 0.381. The lowest BCUT2D eigenvalue weighted by molar-refractivity contribution is 0.0824. The van der Waals surface area contributed by atoms with E-state index < -0.39 is 0 Å². The molecule has 0 fully saturated rings. The summed E-state index contributed by atoms with van der Waals surface area (Å²) in [6.45, 7) is 6.66. The van der Waals surface area contributed by atoms with E-state index in [1.165, 1.54) is 18.2 Å². The number of nitrogen functional groups attached to an aromatic ring is 1. The average molecular weight is 388 g/mol. The summed E-state index contributed by atoms with van der Waals surface area (Å²) in [5.74, 6) is 0.193. The summed E-state index contributed by atoms with van der Waals surface area (Å²) >= 11 is 6.08. The van der Waals surface area contributed by atoms with Gasteiger partial charge < -0.3 is 15.8 Å². The number of nitrogens with zero attached hydrogens (tertiary/aromatic N) is 1. The van der Waals surface area contributed by atoms with Gasteiger partial charge in [-0.2, -0.15) is 0 Å². The molecule has 5 nitrogen and oxygen atoms in total. The van der Waals surface area contributed by atoms with Crippen LogP contribution in [0.1, 0.15) is 35.3 Å². The molecule has 144 valence electrons. The third-order valence-corrected chi connectivity index (χ3v) is 5.56. The van der Waals surface area contributed by atoms with Gasteiger partial charge in [-0.1, -0.05) is 35.9 Å². The molecule has 3 N–H and O–H groups in total. The van der Waals surface area contributed by atoms with Crippen LogP contribution in [-0.4, -0.2) is 36.5 Å². The Labute approximate surface area is 165 Å². The van der Waals surface area contributed by atoms with Crippen LogP contribution in [0.4, 0.5) is 5.69 Å². The van der Waals surface area contributed by atoms with Crippen molar-refractivity contribution in [1.29, 1.82) is 0 Å². The van der Waals surface area contributed by atoms with Crippen LogP contribution in [0.15, 0.2) is 36.4 Å². The van der Waals surface area contributed by atoms with Gasteiger partial charge in [-0.05, 0) is 37.5 Å². The number of nitrogens with one attached hydrogen (secondary N) is 1. The normalized spacial score (nSPS) is 14.5. The second kappa shape index (κ2) is 7.79. The predicted molar refractivity (Wildman–Crippen MR) is 109 cm³/mol. The van der Waals surface area contributed by atoms with Crippen molar-refractivity contribution in [3.8, 4) is 5.75 Å². The highest BCUT2D eigenvalue weighted by atomic mass is 35.5. The molecule has 0 radical (unpaired) electrons. The SMILES string of the molecule is COc1cc(N)c(Cl)cc1C(=O)NCC(C)(C)N1CCc2ccccc2C1. The van der Waals surface area contributed by atoms with E-state index in [9.17, 15) is 4.79 Å². The van der Waals surface area contributed by atoms with Crippen molar-refractivity contribution in [3.05, 3.63) is 58.1 Å². The quantitative estimate of drug-likeness (QED) is 0.770. The monoisotopic (exact) mass is 387 g/mol. The van der Waals surface area contributed by atoms with E-state index in [1.807, 2.05) is 0 Å². The Balaban J connectivity index is 1.69. The first-order valence-corrected chi connectivity index (χ1v) is 9.42. The van der Waals surface area contributed by atoms with Crippen LogP contribution in [0, 0.1) is 0 Å². The maximum Gasteiger partial charge on any atom is 0.255 e. The Morgan fingerprint density at radius 3 is 2.70 bits per heavy atom. The van der Waals surface area contributed by atoms with E-state index in [0.717, 1.165) is 19.5 Å². The molecule has 0 aromatic heterocycles. The van der Waals surface area contributed by atoms with E-state index in [1.54, 1.807) is 12.1 Å². The summed E-state index contributed by atoms with van der Waals surface area (Å²) in [6, 6.07) is 11.7. The molecule has 1 heterocycles. The summed E-state index contributed by atoms with van der Waals surface area (Å²) in [5.41, 5.74) is 9.15. The molecule has 0 unspecified atom stereocenters. The number of methoxy groups -OCH3 is 1. The molecule has 0 saturated carbocycles. The molecule has 1 aliphatic rings. The summed E-state index contributed by atoms with van der Waals surface area (Å²) in [6.07, 6.45) is 1.02. The number of anilines is 1. The summed E-state index contributed by atoms with van der Waals surface area (Å²) < 4.78 is 5.28. The van der Waals surface area contributed by atoms with Gasteiger partial charge in [-0.15, -0.1) is 0 Å². The molecule has 0 saturated heterocycles. The minimum atomic E-state index is -0.223. The highest BCUT2D eigenvalue weighted by Gasteiger charge is 2.30. The summed E-state index contributed by atoms with van der Waals surface area (Å²) in [7, 11) is 1.51. The first-order chi connectivity index (χ1) is 12.8. The van der Waals surface area contributed by atoms with Crippen LogP contribution >= 0.6 is 11.6 Å². The molecule has 3 rings (SSSR count). The van der Waals surface area contributed by atoms with Crippen molar-refractivity contribution in [2.24, 2.45) is 0 Å². The third-order valence-electron chi connectivity index (χ3n) is 5.23. The van der Waals surface area contributed by atoms with Crippen LogP contribution in [0.2, 0.25) is 5.02 Å². The zero-order valence-electron chi connectivity index (χ0n) is 16.0. The molecule has 0 bridgehead atoms. The zero-order valence-corrected chi connectivity index (χ0v) is 16.8. The minimum absolute atomic E-state index is 0.186. The van der Waals surface area contributed by atoms with Crippen LogP contribution in [-0.2, 0) is 13.0 Å². The van der Waals surface area contributed by atoms with Crippen LogP contribution in [0.3, 0.4) is 0 Å². The largest absolute Gasteiger partial charge is 0.496 e. The van der Waals surface area contributed by atoms with Crippen molar-refractivity contribution in [1.82, 2.24) is 10.2 Å². The van der Waals surface area contributed by atoms with E-state index >= 15 is 0 Å². The Morgan fingerprint density at radius 1 is 1.30 bits per heavy atom. The molecule has 2 aromatic rings. The Kier molecular flexibility index (Phi) is 5.63. The summed E-state index contributed by atoms with van der Waals surface area (Å²) in [4.78, 5) is 15.1. The van der Waals surface area contributed by atoms with Gasteiger partial charge in [0.25, 0.3) is 5.91 Å². The van der Waals surface area contributed by atoms with Crippen LogP contribution < -0.4 is 15.8 Å². The van der Waals surface area contributed by atoms with Crippen molar-refractivity contribution in [2.75, 3.05) is 25.9 Å². The van der Waals surface area contributed by atoms with Crippen LogP contribution in [0.25, 0.3) is 0 Å². The maximum absolute atomic E-state index is 12.7. The number of ether oxygens (including phenoxy) is 1. The number of fused-ring (bicyclic) bond motifs is 1. The second-order valence-corrected chi connectivity index (χ2v) is 7.92. The number of hydrogen-bond donors (Lipinski definition) is 2. The summed E-state index contributed by atoms with van der Waals surface area (Å²) in [5, 5.41) is 3.36. The molecule has 1 amide bonds. The third kappa shape index (κ3) is 4.20. The van der Waals surface area contributed by atoms with Gasteiger partial charge >= 0.3 is 0 Å². The highest BCUT2D eigenvalue weighted by molar-refractivity contribution is 6.33. The number of hydrogen-bond acceptors (Lipinski definition) is 4. The first kappa shape index (κ1) is 19.5. The average Bonchev–Trinajstić information content (AvgIpc) is 2.67. The number of nitrogens with two attached hydrogens (primary N) is 1. The van der Waals surface area contributed by atoms with Gasteiger partial charge in [0, 0.05) is 31.2 Å². The Morgan fingerprint density at radius 2 is 2.00 bits per heavy atom. The van der Waals surface area contributed by atoms with E-state index in [-0.39, 0.29) is 11.4 Å². The van der Waals surface area contributed by atoms with E-state index in [0.29, 0.717) is 28.6 Å². The van der Waals surface area contributed by atoms with Gasteiger partial charge in [-0.3, -0.25) is 9.69 Å². The van der Waals surface area contributed by atoms with E-state index in [2.05, 4.69) is 48.3 Å². The van der Waals surface area contributed by atoms with Gasteiger partial charge in [-0.25, -0.2) is 0 Å². The second-order valence-electron chi connectivity index (χ2n) is 7.51. The number of carbonyl (C=O) groups is 1. The lowest BCUT2D eigenvalue weighted by Crippen LogP contribution is -2.53. The molecular weight excluding hydrogens is 362 g/mol. The Hall–Kier alpha value is -2.24. The molecule has 0 aliphatic carbocycles. The topological polar surface area (TPSA) is 67.6 Å². The van der Waals surface area contributed by atoms with Gasteiger partial charge in [0.15, 0.2) is 0 Å². The van der Waals surface area contributed by atoms with Crippen LogP contribution in [0.5, 0.6) is 5.75 Å². The number of amides is 1. The number of benzene rings is 2. The van der Waals surface area contributed by atoms with Gasteiger partial charge in [0.2, 0.25) is 0 Å². The van der Waals surface area contributed by atoms with E-state index in [4.69, 9.17) is 22.1 Å². The molecule has 6 heteroatoms. The molecule has 0 spiro atoms. The minimum Gasteiger partial charge on any atom is -0.496 e. The lowest BCUT2D eigenvalue weighted by atomic mass is 9.94. The molecule has 0 atom stereocenters. The zero-order chi connectivity index (χ0) is 19.6. The predicted octanol–water partition coefficient (Wildman–Crippen LogP) is 3.50. The number of carbonyl (C=O) groups excluding carboxylic acids is 1. The number of halogens is 1. The standard InChI is InChI=1S/C21H26ClN3O2/c1-21(2,25-9-8-14-6-4-5-7-15(14)12-25)13-24-20(26)16-10-17(22)18(23)11-19(16)27-3/h4-7,10-11H,8-9,12-13,23H2,1-3H3,(H,24,26). The van der Waals surface area contributed by atoms with Gasteiger partial charge in [0.1, 0.15) is 5.75 Å². The molecule has 27 heavy (non-hydrogen) atoms. The molecule has 2 aromatic carbocycles. The fourth-order valence-corrected chi connectivity index (χ4v) is 3.60. The fourth-order valence-electron chi connectivity index (χ4n) is 3.43. The van der Waals surface area contributed by atoms with Gasteiger partial charge in [0.05, 0.1) is 23.4 Å². The number of rotatable bonds is 5. The van der Waals surface area contributed by atoms with Crippen molar-refractivity contribution < 1.29 is 9.53 Å². The highest BCUT2D eigenvalue weighted by Crippen LogP contribution is 2.29. The maximum atomic E-state index is 12.7. The first-order valence-electron chi connectivity index (χ1n) is 9.05.